The predicted octanol–water partition coefficient (Wildman–Crippen LogP) is 1.98. The van der Waals surface area contributed by atoms with E-state index in [0.717, 1.165) is 0 Å². The first kappa shape index (κ1) is 15.8. The molecule has 0 aliphatic rings. The molecule has 114 valence electrons. The topological polar surface area (TPSA) is 84.2 Å². The van der Waals surface area contributed by atoms with Crippen LogP contribution >= 0.6 is 11.6 Å². The molecule has 0 atom stereocenters. The minimum Gasteiger partial charge on any atom is -0.392 e. The van der Waals surface area contributed by atoms with Gasteiger partial charge in [-0.2, -0.15) is 5.10 Å². The van der Waals surface area contributed by atoms with Crippen molar-refractivity contribution in [3.05, 3.63) is 40.2 Å². The van der Waals surface area contributed by atoms with Crippen molar-refractivity contribution in [2.75, 3.05) is 4.72 Å². The zero-order chi connectivity index (χ0) is 15.8. The van der Waals surface area contributed by atoms with Crippen LogP contribution in [0.2, 0.25) is 5.02 Å². The second-order valence-corrected chi connectivity index (χ2v) is 6.84. The minimum atomic E-state index is -3.81. The molecule has 2 N–H and O–H groups in total. The highest BCUT2D eigenvalue weighted by Gasteiger charge is 2.21. The van der Waals surface area contributed by atoms with Crippen LogP contribution in [-0.4, -0.2) is 23.3 Å². The zero-order valence-corrected chi connectivity index (χ0v) is 13.5. The molecular weight excluding hydrogens is 314 g/mol. The quantitative estimate of drug-likeness (QED) is 0.898. The van der Waals surface area contributed by atoms with E-state index in [1.54, 1.807) is 33.2 Å². The molecule has 1 aromatic heterocycles. The van der Waals surface area contributed by atoms with Crippen molar-refractivity contribution in [3.63, 3.8) is 0 Å². The number of aliphatic hydroxyl groups is 1. The lowest BCUT2D eigenvalue weighted by Gasteiger charge is -2.12. The van der Waals surface area contributed by atoms with Crippen LogP contribution in [0.5, 0.6) is 0 Å². The van der Waals surface area contributed by atoms with E-state index in [1.165, 1.54) is 10.7 Å². The molecule has 0 spiro atoms. The Bertz CT molecular complexity index is 784. The molecule has 6 nitrogen and oxygen atoms in total. The monoisotopic (exact) mass is 329 g/mol. The molecule has 0 saturated carbocycles. The van der Waals surface area contributed by atoms with Crippen LogP contribution in [0, 0.1) is 13.8 Å². The molecule has 0 radical (unpaired) electrons. The number of rotatable bonds is 4. The summed E-state index contributed by atoms with van der Waals surface area (Å²) in [5, 5.41) is 13.6. The molecular formula is C13H16ClN3O3S. The van der Waals surface area contributed by atoms with E-state index in [1.807, 2.05) is 0 Å². The molecule has 8 heteroatoms. The third-order valence-electron chi connectivity index (χ3n) is 3.15. The molecule has 0 saturated heterocycles. The number of benzene rings is 1. The van der Waals surface area contributed by atoms with E-state index in [-0.39, 0.29) is 16.5 Å². The highest BCUT2D eigenvalue weighted by atomic mass is 35.5. The van der Waals surface area contributed by atoms with Gasteiger partial charge in [0.15, 0.2) is 0 Å². The summed E-state index contributed by atoms with van der Waals surface area (Å²) in [4.78, 5) is 0.0438. The van der Waals surface area contributed by atoms with Gasteiger partial charge in [-0.1, -0.05) is 11.6 Å². The van der Waals surface area contributed by atoms with Gasteiger partial charge in [-0.3, -0.25) is 9.40 Å². The van der Waals surface area contributed by atoms with Gasteiger partial charge in [-0.25, -0.2) is 8.42 Å². The first-order valence-electron chi connectivity index (χ1n) is 6.17. The normalized spacial score (nSPS) is 11.7. The lowest BCUT2D eigenvalue weighted by atomic mass is 10.1. The summed E-state index contributed by atoms with van der Waals surface area (Å²) in [5.41, 5.74) is 1.92. The smallest absolute Gasteiger partial charge is 0.262 e. The Kier molecular flexibility index (Phi) is 4.27. The van der Waals surface area contributed by atoms with Crippen molar-refractivity contribution in [2.24, 2.45) is 7.05 Å². The van der Waals surface area contributed by atoms with E-state index in [2.05, 4.69) is 9.82 Å². The molecule has 0 fully saturated rings. The molecule has 2 rings (SSSR count). The van der Waals surface area contributed by atoms with Gasteiger partial charge < -0.3 is 5.11 Å². The van der Waals surface area contributed by atoms with Gasteiger partial charge in [0.25, 0.3) is 10.0 Å². The minimum absolute atomic E-state index is 0.0438. The Morgan fingerprint density at radius 2 is 2.05 bits per heavy atom. The van der Waals surface area contributed by atoms with Crippen LogP contribution in [0.1, 0.15) is 16.8 Å². The lowest BCUT2D eigenvalue weighted by molar-refractivity contribution is 0.280. The summed E-state index contributed by atoms with van der Waals surface area (Å²) < 4.78 is 29.0. The summed E-state index contributed by atoms with van der Waals surface area (Å²) in [6.45, 7) is 3.06. The maximum atomic E-state index is 12.5. The fourth-order valence-corrected chi connectivity index (χ4v) is 3.77. The molecule has 1 heterocycles. The molecule has 0 aliphatic heterocycles. The Morgan fingerprint density at radius 3 is 2.57 bits per heavy atom. The van der Waals surface area contributed by atoms with Crippen molar-refractivity contribution >= 4 is 27.3 Å². The fraction of sp³-hybridized carbons (Fsp3) is 0.308. The van der Waals surface area contributed by atoms with Crippen LogP contribution in [0.3, 0.4) is 0 Å². The molecule has 0 amide bonds. The summed E-state index contributed by atoms with van der Waals surface area (Å²) in [6.07, 6.45) is 1.58. The van der Waals surface area contributed by atoms with E-state index in [4.69, 9.17) is 11.6 Å². The highest BCUT2D eigenvalue weighted by molar-refractivity contribution is 7.92. The van der Waals surface area contributed by atoms with Gasteiger partial charge in [0.05, 0.1) is 22.9 Å². The summed E-state index contributed by atoms with van der Waals surface area (Å²) in [5.74, 6) is 0. The van der Waals surface area contributed by atoms with Crippen LogP contribution in [0.15, 0.2) is 23.2 Å². The van der Waals surface area contributed by atoms with Crippen LogP contribution in [-0.2, 0) is 23.7 Å². The molecule has 0 unspecified atom stereocenters. The summed E-state index contributed by atoms with van der Waals surface area (Å²) >= 11 is 5.93. The standard InChI is InChI=1S/C13H16ClN3O3S/c1-8-10(7-18)4-11(14)5-13(8)21(19,20)16-12-6-17(3)15-9(12)2/h4-6,16,18H,7H2,1-3H3. The largest absolute Gasteiger partial charge is 0.392 e. The number of hydrogen-bond acceptors (Lipinski definition) is 4. The molecule has 1 aromatic carbocycles. The number of anilines is 1. The van der Waals surface area contributed by atoms with Gasteiger partial charge in [0.1, 0.15) is 0 Å². The van der Waals surface area contributed by atoms with Crippen molar-refractivity contribution in [1.29, 1.82) is 0 Å². The summed E-state index contributed by atoms with van der Waals surface area (Å²) in [6, 6.07) is 2.91. The maximum Gasteiger partial charge on any atom is 0.262 e. The van der Waals surface area contributed by atoms with Crippen LogP contribution < -0.4 is 4.72 Å². The van der Waals surface area contributed by atoms with E-state index in [9.17, 15) is 13.5 Å². The van der Waals surface area contributed by atoms with E-state index in [0.29, 0.717) is 22.5 Å². The average Bonchev–Trinajstić information content (AvgIpc) is 2.69. The van der Waals surface area contributed by atoms with Crippen LogP contribution in [0.4, 0.5) is 5.69 Å². The number of nitrogens with one attached hydrogen (secondary N) is 1. The number of hydrogen-bond donors (Lipinski definition) is 2. The second kappa shape index (κ2) is 5.67. The number of halogens is 1. The molecule has 0 aliphatic carbocycles. The fourth-order valence-electron chi connectivity index (χ4n) is 2.05. The third-order valence-corrected chi connectivity index (χ3v) is 4.86. The zero-order valence-electron chi connectivity index (χ0n) is 11.9. The maximum absolute atomic E-state index is 12.5. The van der Waals surface area contributed by atoms with E-state index < -0.39 is 10.0 Å². The van der Waals surface area contributed by atoms with Crippen molar-refractivity contribution in [2.45, 2.75) is 25.3 Å². The lowest BCUT2D eigenvalue weighted by Crippen LogP contribution is -2.15. The Morgan fingerprint density at radius 1 is 1.38 bits per heavy atom. The van der Waals surface area contributed by atoms with Gasteiger partial charge in [-0.15, -0.1) is 0 Å². The number of aryl methyl sites for hydroxylation is 2. The SMILES string of the molecule is Cc1nn(C)cc1NS(=O)(=O)c1cc(Cl)cc(CO)c1C. The Labute approximate surface area is 128 Å². The Hall–Kier alpha value is -1.57. The Balaban J connectivity index is 2.49. The highest BCUT2D eigenvalue weighted by Crippen LogP contribution is 2.27. The predicted molar refractivity (Wildman–Crippen MR) is 80.9 cm³/mol. The molecule has 2 aromatic rings. The molecule has 21 heavy (non-hydrogen) atoms. The van der Waals surface area contributed by atoms with Crippen LogP contribution in [0.25, 0.3) is 0 Å². The average molecular weight is 330 g/mol. The van der Waals surface area contributed by atoms with Gasteiger partial charge in [0, 0.05) is 18.3 Å². The van der Waals surface area contributed by atoms with Crippen molar-refractivity contribution in [1.82, 2.24) is 9.78 Å². The number of aliphatic hydroxyl groups excluding tert-OH is 1. The number of aromatic nitrogens is 2. The van der Waals surface area contributed by atoms with Gasteiger partial charge in [0.2, 0.25) is 0 Å². The van der Waals surface area contributed by atoms with Crippen molar-refractivity contribution in [3.8, 4) is 0 Å². The van der Waals surface area contributed by atoms with Gasteiger partial charge >= 0.3 is 0 Å². The number of sulfonamides is 1. The molecule has 0 bridgehead atoms. The first-order valence-corrected chi connectivity index (χ1v) is 8.03. The second-order valence-electron chi connectivity index (χ2n) is 4.75. The van der Waals surface area contributed by atoms with E-state index >= 15 is 0 Å². The summed E-state index contributed by atoms with van der Waals surface area (Å²) in [7, 11) is -2.10. The number of nitrogens with zero attached hydrogens (tertiary/aromatic N) is 2. The van der Waals surface area contributed by atoms with Gasteiger partial charge in [-0.05, 0) is 37.1 Å². The third kappa shape index (κ3) is 3.20. The first-order chi connectivity index (χ1) is 9.74. The van der Waals surface area contributed by atoms with Crippen molar-refractivity contribution < 1.29 is 13.5 Å².